The molecule has 4 rings (SSSR count). The van der Waals surface area contributed by atoms with Crippen LogP contribution in [0.15, 0.2) is 48.5 Å². The molecule has 9 heteroatoms. The second-order valence-electron chi connectivity index (χ2n) is 8.04. The molecule has 0 aliphatic carbocycles. The normalized spacial score (nSPS) is 11.8. The van der Waals surface area contributed by atoms with E-state index >= 15 is 0 Å². The Morgan fingerprint density at radius 2 is 1.73 bits per heavy atom. The first-order valence-corrected chi connectivity index (χ1v) is 11.3. The van der Waals surface area contributed by atoms with Crippen LogP contribution in [0.5, 0.6) is 0 Å². The van der Waals surface area contributed by atoms with Crippen LogP contribution >= 0.6 is 0 Å². The molecule has 0 aliphatic heterocycles. The molecule has 0 bridgehead atoms. The van der Waals surface area contributed by atoms with Crippen LogP contribution < -0.4 is 0 Å². The van der Waals surface area contributed by atoms with Crippen molar-refractivity contribution in [1.29, 1.82) is 0 Å². The summed E-state index contributed by atoms with van der Waals surface area (Å²) in [5.74, 6) is -2.29. The highest BCUT2D eigenvalue weighted by molar-refractivity contribution is 5.80. The molecule has 4 aromatic rings. The van der Waals surface area contributed by atoms with Crippen molar-refractivity contribution in [3.05, 3.63) is 65.7 Å². The van der Waals surface area contributed by atoms with Gasteiger partial charge in [0.2, 0.25) is 11.6 Å². The van der Waals surface area contributed by atoms with Gasteiger partial charge in [0.25, 0.3) is 0 Å². The topological polar surface area (TPSA) is 85.2 Å². The van der Waals surface area contributed by atoms with Crippen LogP contribution in [0.25, 0.3) is 22.5 Å². The largest absolute Gasteiger partial charge is 0.308 e. The third-order valence-electron chi connectivity index (χ3n) is 5.50. The maximum atomic E-state index is 14.5. The Morgan fingerprint density at radius 1 is 0.970 bits per heavy atom. The number of alkyl halides is 2. The molecule has 0 fully saturated rings. The summed E-state index contributed by atoms with van der Waals surface area (Å²) < 4.78 is 30.5. The molecule has 0 radical (unpaired) electrons. The van der Waals surface area contributed by atoms with Crippen molar-refractivity contribution < 1.29 is 8.78 Å². The molecule has 2 aromatic carbocycles. The van der Waals surface area contributed by atoms with Gasteiger partial charge in [-0.2, -0.15) is 14.0 Å². The van der Waals surface area contributed by atoms with E-state index in [4.69, 9.17) is 0 Å². The fraction of sp³-hybridized carbons (Fsp3) is 0.375. The number of halogens is 2. The lowest BCUT2D eigenvalue weighted by Crippen LogP contribution is -2.15. The summed E-state index contributed by atoms with van der Waals surface area (Å²) >= 11 is 0. The fourth-order valence-corrected chi connectivity index (χ4v) is 3.76. The van der Waals surface area contributed by atoms with Crippen molar-refractivity contribution in [2.24, 2.45) is 0 Å². The van der Waals surface area contributed by atoms with Gasteiger partial charge in [-0.05, 0) is 34.7 Å². The molecule has 0 amide bonds. The average molecular weight is 452 g/mol. The van der Waals surface area contributed by atoms with Gasteiger partial charge in [0, 0.05) is 24.9 Å². The van der Waals surface area contributed by atoms with Gasteiger partial charge in [0.05, 0.1) is 0 Å². The van der Waals surface area contributed by atoms with Gasteiger partial charge < -0.3 is 0 Å². The Kier molecular flexibility index (Phi) is 6.86. The third-order valence-corrected chi connectivity index (χ3v) is 5.50. The Labute approximate surface area is 191 Å². The number of rotatable bonds is 10. The van der Waals surface area contributed by atoms with Crippen molar-refractivity contribution >= 4 is 0 Å². The van der Waals surface area contributed by atoms with E-state index in [0.29, 0.717) is 31.0 Å². The van der Waals surface area contributed by atoms with E-state index in [9.17, 15) is 8.78 Å². The SMILES string of the molecule is CCCCn1nc(C(F)(F)CCC)nc1Cc1ccc(-c2ccccc2-c2nn[nH]n2)cc1. The Morgan fingerprint density at radius 3 is 2.39 bits per heavy atom. The number of unbranched alkanes of at least 4 members (excludes halogenated alkanes) is 1. The molecular formula is C24H27F2N7. The van der Waals surface area contributed by atoms with Gasteiger partial charge in [-0.25, -0.2) is 9.67 Å². The van der Waals surface area contributed by atoms with Gasteiger partial charge in [-0.3, -0.25) is 0 Å². The first-order chi connectivity index (χ1) is 16.0. The number of hydrogen-bond donors (Lipinski definition) is 1. The zero-order valence-corrected chi connectivity index (χ0v) is 18.8. The molecule has 0 atom stereocenters. The summed E-state index contributed by atoms with van der Waals surface area (Å²) in [5.41, 5.74) is 3.84. The number of benzene rings is 2. The second kappa shape index (κ2) is 9.97. The van der Waals surface area contributed by atoms with Gasteiger partial charge in [-0.15, -0.1) is 15.3 Å². The first-order valence-electron chi connectivity index (χ1n) is 11.3. The predicted molar refractivity (Wildman–Crippen MR) is 122 cm³/mol. The molecule has 1 N–H and O–H groups in total. The maximum absolute atomic E-state index is 14.5. The number of nitrogens with one attached hydrogen (secondary N) is 1. The summed E-state index contributed by atoms with van der Waals surface area (Å²) in [6.45, 7) is 4.38. The second-order valence-corrected chi connectivity index (χ2v) is 8.04. The number of tetrazole rings is 1. The summed E-state index contributed by atoms with van der Waals surface area (Å²) in [5, 5.41) is 18.5. The van der Waals surface area contributed by atoms with Crippen LogP contribution in [0.2, 0.25) is 0 Å². The van der Waals surface area contributed by atoms with Crippen molar-refractivity contribution in [3.63, 3.8) is 0 Å². The standard InChI is InChI=1S/C24H27F2N7/c1-3-5-15-33-21(27-23(30-33)24(25,26)14-4-2)16-17-10-12-18(13-11-17)19-8-6-7-9-20(19)22-28-31-32-29-22/h6-13H,3-5,14-16H2,1-2H3,(H,28,29,31,32). The number of aromatic nitrogens is 7. The van der Waals surface area contributed by atoms with Crippen LogP contribution in [0.1, 0.15) is 56.7 Å². The minimum Gasteiger partial charge on any atom is -0.249 e. The quantitative estimate of drug-likeness (QED) is 0.349. The van der Waals surface area contributed by atoms with Crippen molar-refractivity contribution in [2.75, 3.05) is 0 Å². The minimum atomic E-state index is -3.01. The highest BCUT2D eigenvalue weighted by Crippen LogP contribution is 2.32. The zero-order valence-electron chi connectivity index (χ0n) is 18.8. The molecule has 0 saturated heterocycles. The van der Waals surface area contributed by atoms with Crippen molar-refractivity contribution in [1.82, 2.24) is 35.4 Å². The number of hydrogen-bond acceptors (Lipinski definition) is 5. The number of aromatic amines is 1. The van der Waals surface area contributed by atoms with Crippen LogP contribution in [-0.2, 0) is 18.9 Å². The van der Waals surface area contributed by atoms with Crippen LogP contribution in [-0.4, -0.2) is 35.4 Å². The Bertz CT molecular complexity index is 1170. The molecule has 2 aromatic heterocycles. The van der Waals surface area contributed by atoms with E-state index in [1.54, 1.807) is 11.6 Å². The molecule has 172 valence electrons. The van der Waals surface area contributed by atoms with Gasteiger partial charge in [0.15, 0.2) is 0 Å². The van der Waals surface area contributed by atoms with E-state index < -0.39 is 5.92 Å². The first kappa shape index (κ1) is 22.7. The Hall–Kier alpha value is -3.49. The molecule has 0 spiro atoms. The molecule has 0 aliphatic rings. The molecule has 0 saturated carbocycles. The lowest BCUT2D eigenvalue weighted by Gasteiger charge is -2.10. The van der Waals surface area contributed by atoms with E-state index in [-0.39, 0.29) is 12.2 Å². The van der Waals surface area contributed by atoms with Crippen molar-refractivity contribution in [2.45, 2.75) is 58.4 Å². The lowest BCUT2D eigenvalue weighted by molar-refractivity contribution is -0.0232. The molecule has 7 nitrogen and oxygen atoms in total. The zero-order chi connectivity index (χ0) is 23.3. The summed E-state index contributed by atoms with van der Waals surface area (Å²) in [6, 6.07) is 15.8. The van der Waals surface area contributed by atoms with E-state index in [1.807, 2.05) is 48.5 Å². The van der Waals surface area contributed by atoms with Crippen LogP contribution in [0.4, 0.5) is 8.78 Å². The molecule has 2 heterocycles. The number of aryl methyl sites for hydroxylation is 1. The predicted octanol–water partition coefficient (Wildman–Crippen LogP) is 5.41. The maximum Gasteiger partial charge on any atom is 0.308 e. The highest BCUT2D eigenvalue weighted by Gasteiger charge is 2.36. The monoisotopic (exact) mass is 451 g/mol. The molecular weight excluding hydrogens is 424 g/mol. The van der Waals surface area contributed by atoms with E-state index in [0.717, 1.165) is 35.1 Å². The molecule has 0 unspecified atom stereocenters. The number of nitrogens with zero attached hydrogens (tertiary/aromatic N) is 6. The van der Waals surface area contributed by atoms with E-state index in [1.165, 1.54) is 0 Å². The fourth-order valence-electron chi connectivity index (χ4n) is 3.76. The summed E-state index contributed by atoms with van der Waals surface area (Å²) in [6.07, 6.45) is 2.37. The highest BCUT2D eigenvalue weighted by atomic mass is 19.3. The Balaban J connectivity index is 1.59. The van der Waals surface area contributed by atoms with Gasteiger partial charge >= 0.3 is 5.92 Å². The molecule has 33 heavy (non-hydrogen) atoms. The van der Waals surface area contributed by atoms with Crippen molar-refractivity contribution in [3.8, 4) is 22.5 Å². The van der Waals surface area contributed by atoms with Gasteiger partial charge in [-0.1, -0.05) is 68.8 Å². The third kappa shape index (κ3) is 5.13. The smallest absolute Gasteiger partial charge is 0.249 e. The summed E-state index contributed by atoms with van der Waals surface area (Å²) in [7, 11) is 0. The van der Waals surface area contributed by atoms with E-state index in [2.05, 4.69) is 37.6 Å². The van der Waals surface area contributed by atoms with Gasteiger partial charge in [0.1, 0.15) is 5.82 Å². The van der Waals surface area contributed by atoms with Crippen LogP contribution in [0, 0.1) is 0 Å². The lowest BCUT2D eigenvalue weighted by atomic mass is 9.98. The minimum absolute atomic E-state index is 0.251. The van der Waals surface area contributed by atoms with Crippen LogP contribution in [0.3, 0.4) is 0 Å². The number of H-pyrrole nitrogens is 1. The summed E-state index contributed by atoms with van der Waals surface area (Å²) in [4.78, 5) is 4.25. The average Bonchev–Trinajstić information content (AvgIpc) is 3.49.